The van der Waals surface area contributed by atoms with Gasteiger partial charge in [0.05, 0.1) is 26.9 Å². The Hall–Kier alpha value is -4.04. The van der Waals surface area contributed by atoms with E-state index in [9.17, 15) is 9.59 Å². The van der Waals surface area contributed by atoms with Gasteiger partial charge in [0.25, 0.3) is 5.91 Å². The molecule has 0 N–H and O–H groups in total. The molecule has 1 aliphatic carbocycles. The third-order valence-electron chi connectivity index (χ3n) is 8.00. The van der Waals surface area contributed by atoms with Crippen LogP contribution in [0.3, 0.4) is 0 Å². The number of rotatable bonds is 11. The van der Waals surface area contributed by atoms with Crippen LogP contribution in [-0.2, 0) is 38.6 Å². The Morgan fingerprint density at radius 3 is 2.33 bits per heavy atom. The average molecular weight is 574 g/mol. The van der Waals surface area contributed by atoms with Gasteiger partial charge in [0.1, 0.15) is 18.4 Å². The molecule has 42 heavy (non-hydrogen) atoms. The van der Waals surface area contributed by atoms with Crippen LogP contribution >= 0.6 is 0 Å². The van der Waals surface area contributed by atoms with E-state index in [1.165, 1.54) is 0 Å². The fraction of sp³-hybridized carbons (Fsp3) is 0.412. The first kappa shape index (κ1) is 29.5. The maximum atomic E-state index is 14.3. The second-order valence-electron chi connectivity index (χ2n) is 10.6. The summed E-state index contributed by atoms with van der Waals surface area (Å²) in [6, 6.07) is 20.1. The normalized spacial score (nSPS) is 17.3. The van der Waals surface area contributed by atoms with Crippen molar-refractivity contribution in [2.24, 2.45) is 0 Å². The van der Waals surface area contributed by atoms with Crippen LogP contribution in [0.1, 0.15) is 61.0 Å². The second kappa shape index (κ2) is 13.7. The second-order valence-corrected chi connectivity index (χ2v) is 10.6. The Morgan fingerprint density at radius 1 is 0.929 bits per heavy atom. The highest BCUT2D eigenvalue weighted by Crippen LogP contribution is 2.40. The van der Waals surface area contributed by atoms with Gasteiger partial charge in [-0.25, -0.2) is 4.79 Å². The first-order valence-electron chi connectivity index (χ1n) is 14.6. The van der Waals surface area contributed by atoms with Crippen molar-refractivity contribution in [1.82, 2.24) is 4.90 Å². The predicted octanol–water partition coefficient (Wildman–Crippen LogP) is 5.80. The molecular formula is C34H39NO7. The Morgan fingerprint density at radius 2 is 1.67 bits per heavy atom. The van der Waals surface area contributed by atoms with E-state index in [2.05, 4.69) is 0 Å². The lowest BCUT2D eigenvalue weighted by Gasteiger charge is -2.38. The highest BCUT2D eigenvalue weighted by molar-refractivity contribution is 5.89. The number of nitrogens with zero attached hydrogens (tertiary/aromatic N) is 1. The van der Waals surface area contributed by atoms with Crippen molar-refractivity contribution in [2.75, 3.05) is 20.8 Å². The molecule has 1 heterocycles. The van der Waals surface area contributed by atoms with E-state index in [1.807, 2.05) is 66.7 Å². The van der Waals surface area contributed by atoms with Crippen molar-refractivity contribution in [3.63, 3.8) is 0 Å². The van der Waals surface area contributed by atoms with Gasteiger partial charge in [0.2, 0.25) is 0 Å². The Kier molecular flexibility index (Phi) is 9.64. The number of amides is 1. The molecule has 2 unspecified atom stereocenters. The molecule has 0 aromatic heterocycles. The lowest BCUT2D eigenvalue weighted by molar-refractivity contribution is -0.163. The molecule has 0 spiro atoms. The van der Waals surface area contributed by atoms with Gasteiger partial charge in [-0.1, -0.05) is 61.4 Å². The molecular weight excluding hydrogens is 534 g/mol. The van der Waals surface area contributed by atoms with E-state index in [0.29, 0.717) is 18.1 Å². The van der Waals surface area contributed by atoms with Crippen LogP contribution in [0, 0.1) is 0 Å². The lowest BCUT2D eigenvalue weighted by atomic mass is 9.91. The molecule has 1 amide bonds. The van der Waals surface area contributed by atoms with Crippen molar-refractivity contribution in [3.8, 4) is 17.2 Å². The van der Waals surface area contributed by atoms with Crippen molar-refractivity contribution in [3.05, 3.63) is 89.0 Å². The first-order valence-corrected chi connectivity index (χ1v) is 14.6. The molecule has 1 fully saturated rings. The summed E-state index contributed by atoms with van der Waals surface area (Å²) in [6.45, 7) is 2.50. The van der Waals surface area contributed by atoms with Crippen LogP contribution in [0.2, 0.25) is 0 Å². The van der Waals surface area contributed by atoms with Crippen LogP contribution in [0.4, 0.5) is 0 Å². The summed E-state index contributed by atoms with van der Waals surface area (Å²) in [7, 11) is 3.22. The van der Waals surface area contributed by atoms with Crippen LogP contribution < -0.4 is 14.2 Å². The summed E-state index contributed by atoms with van der Waals surface area (Å²) in [5.74, 6) is 1.20. The summed E-state index contributed by atoms with van der Waals surface area (Å²) in [5.41, 5.74) is 3.46. The highest BCUT2D eigenvalue weighted by Gasteiger charge is 2.41. The van der Waals surface area contributed by atoms with Gasteiger partial charge in [0.15, 0.2) is 17.6 Å². The maximum absolute atomic E-state index is 14.3. The molecule has 5 rings (SSSR count). The van der Waals surface area contributed by atoms with E-state index < -0.39 is 18.1 Å². The molecule has 0 radical (unpaired) electrons. The summed E-state index contributed by atoms with van der Waals surface area (Å²) in [6.07, 6.45) is 3.47. The standard InChI is InChI=1S/C34H39NO7/c1-4-40-34(37)29-20-28-25(16-19-30(39-3)32(28)41-22-23-14-17-26(38-2)18-15-23)21-35(29)33(36)31(24-10-6-5-7-11-24)42-27-12-8-9-13-27/h5-7,10-11,14-19,27,29,31H,4,8-9,12-13,20-22H2,1-3H3. The largest absolute Gasteiger partial charge is 0.497 e. The summed E-state index contributed by atoms with van der Waals surface area (Å²) < 4.78 is 29.2. The van der Waals surface area contributed by atoms with E-state index in [4.69, 9.17) is 23.7 Å². The molecule has 8 heteroatoms. The zero-order valence-electron chi connectivity index (χ0n) is 24.5. The minimum Gasteiger partial charge on any atom is -0.497 e. The number of hydrogen-bond donors (Lipinski definition) is 0. The molecule has 2 aliphatic rings. The third kappa shape index (κ3) is 6.54. The number of methoxy groups -OCH3 is 2. The van der Waals surface area contributed by atoms with Crippen LogP contribution in [0.5, 0.6) is 17.2 Å². The number of esters is 1. The Labute approximate surface area is 247 Å². The summed E-state index contributed by atoms with van der Waals surface area (Å²) in [4.78, 5) is 29.3. The lowest BCUT2D eigenvalue weighted by Crippen LogP contribution is -2.51. The van der Waals surface area contributed by atoms with Crippen molar-refractivity contribution in [2.45, 2.75) is 70.4 Å². The number of carbonyl (C=O) groups excluding carboxylic acids is 2. The van der Waals surface area contributed by atoms with Gasteiger partial charge < -0.3 is 28.6 Å². The molecule has 3 aromatic carbocycles. The third-order valence-corrected chi connectivity index (χ3v) is 8.00. The first-order chi connectivity index (χ1) is 20.5. The highest BCUT2D eigenvalue weighted by atomic mass is 16.5. The van der Waals surface area contributed by atoms with E-state index in [-0.39, 0.29) is 31.6 Å². The smallest absolute Gasteiger partial charge is 0.329 e. The molecule has 8 nitrogen and oxygen atoms in total. The van der Waals surface area contributed by atoms with E-state index >= 15 is 0 Å². The molecule has 0 saturated heterocycles. The van der Waals surface area contributed by atoms with Crippen molar-refractivity contribution in [1.29, 1.82) is 0 Å². The minimum atomic E-state index is -0.834. The van der Waals surface area contributed by atoms with Gasteiger partial charge >= 0.3 is 5.97 Å². The number of ether oxygens (including phenoxy) is 5. The van der Waals surface area contributed by atoms with Gasteiger partial charge in [-0.15, -0.1) is 0 Å². The molecule has 3 aromatic rings. The number of fused-ring (bicyclic) bond motifs is 1. The van der Waals surface area contributed by atoms with Gasteiger partial charge in [-0.3, -0.25) is 4.79 Å². The number of hydrogen-bond acceptors (Lipinski definition) is 7. The number of benzene rings is 3. The Balaban J connectivity index is 1.47. The quantitative estimate of drug-likeness (QED) is 0.268. The Bertz CT molecular complexity index is 1350. The fourth-order valence-electron chi connectivity index (χ4n) is 5.77. The molecule has 2 atom stereocenters. The summed E-state index contributed by atoms with van der Waals surface area (Å²) >= 11 is 0. The maximum Gasteiger partial charge on any atom is 0.329 e. The monoisotopic (exact) mass is 573 g/mol. The van der Waals surface area contributed by atoms with Crippen molar-refractivity contribution < 1.29 is 33.3 Å². The van der Waals surface area contributed by atoms with Crippen LogP contribution in [-0.4, -0.2) is 49.7 Å². The zero-order chi connectivity index (χ0) is 29.5. The van der Waals surface area contributed by atoms with Gasteiger partial charge in [-0.2, -0.15) is 0 Å². The van der Waals surface area contributed by atoms with Gasteiger partial charge in [0, 0.05) is 18.5 Å². The molecule has 1 saturated carbocycles. The molecule has 0 bridgehead atoms. The topological polar surface area (TPSA) is 83.5 Å². The van der Waals surface area contributed by atoms with Crippen molar-refractivity contribution >= 4 is 11.9 Å². The minimum absolute atomic E-state index is 0.0134. The fourth-order valence-corrected chi connectivity index (χ4v) is 5.77. The number of carbonyl (C=O) groups is 2. The van der Waals surface area contributed by atoms with Crippen LogP contribution in [0.15, 0.2) is 66.7 Å². The molecule has 222 valence electrons. The SMILES string of the molecule is CCOC(=O)C1Cc2c(ccc(OC)c2OCc2ccc(OC)cc2)CN1C(=O)C(OC1CCCC1)c1ccccc1. The van der Waals surface area contributed by atoms with Crippen LogP contribution in [0.25, 0.3) is 0 Å². The van der Waals surface area contributed by atoms with E-state index in [1.54, 1.807) is 26.0 Å². The summed E-state index contributed by atoms with van der Waals surface area (Å²) in [5, 5.41) is 0. The zero-order valence-corrected chi connectivity index (χ0v) is 24.5. The molecule has 1 aliphatic heterocycles. The van der Waals surface area contributed by atoms with Gasteiger partial charge in [-0.05, 0) is 54.7 Å². The average Bonchev–Trinajstić information content (AvgIpc) is 3.55. The predicted molar refractivity (Wildman–Crippen MR) is 158 cm³/mol. The van der Waals surface area contributed by atoms with E-state index in [0.717, 1.165) is 53.7 Å².